The van der Waals surface area contributed by atoms with Crippen LogP contribution in [-0.2, 0) is 17.8 Å². The molecule has 2 N–H and O–H groups in total. The van der Waals surface area contributed by atoms with E-state index >= 15 is 0 Å². The van der Waals surface area contributed by atoms with E-state index in [0.29, 0.717) is 5.95 Å². The molecule has 0 spiro atoms. The molecule has 3 aromatic rings. The van der Waals surface area contributed by atoms with Crippen LogP contribution in [0.15, 0.2) is 60.8 Å². The zero-order valence-electron chi connectivity index (χ0n) is 15.1. The predicted molar refractivity (Wildman–Crippen MR) is 111 cm³/mol. The highest BCUT2D eigenvalue weighted by molar-refractivity contribution is 5.89. The van der Waals surface area contributed by atoms with Crippen LogP contribution in [0.2, 0.25) is 0 Å². The number of aromatic nitrogens is 2. The molecule has 2 heterocycles. The maximum Gasteiger partial charge on any atom is 0.229 e. The largest absolute Gasteiger partial charge is 0.352 e. The van der Waals surface area contributed by atoms with E-state index in [4.69, 9.17) is 0 Å². The van der Waals surface area contributed by atoms with E-state index in [1.807, 2.05) is 30.3 Å². The first-order chi connectivity index (χ1) is 13.2. The third-order valence-electron chi connectivity index (χ3n) is 4.53. The normalized spacial score (nSPS) is 13.0. The van der Waals surface area contributed by atoms with Gasteiger partial charge in [0.05, 0.1) is 0 Å². The molecule has 1 aliphatic heterocycles. The van der Waals surface area contributed by atoms with Gasteiger partial charge in [0.1, 0.15) is 5.82 Å². The molecule has 0 saturated carbocycles. The Morgan fingerprint density at radius 1 is 1.07 bits per heavy atom. The van der Waals surface area contributed by atoms with E-state index in [0.717, 1.165) is 36.7 Å². The number of anilines is 4. The highest BCUT2D eigenvalue weighted by Crippen LogP contribution is 2.24. The van der Waals surface area contributed by atoms with Crippen molar-refractivity contribution < 1.29 is 7.65 Å². The summed E-state index contributed by atoms with van der Waals surface area (Å²) in [6.07, 6.45) is 2.78. The summed E-state index contributed by atoms with van der Waals surface area (Å²) in [4.78, 5) is 22.5. The fourth-order valence-electron chi connectivity index (χ4n) is 3.28. The second-order valence-corrected chi connectivity index (χ2v) is 6.57. The van der Waals surface area contributed by atoms with Crippen molar-refractivity contribution in [1.29, 1.82) is 0 Å². The van der Waals surface area contributed by atoms with Gasteiger partial charge in [-0.3, -0.25) is 4.79 Å². The first kappa shape index (κ1) is 17.0. The minimum Gasteiger partial charge on any atom is -0.352 e. The molecule has 27 heavy (non-hydrogen) atoms. The van der Waals surface area contributed by atoms with Gasteiger partial charge in [0, 0.05) is 40.4 Å². The fourth-order valence-corrected chi connectivity index (χ4v) is 3.28. The molecule has 0 aliphatic carbocycles. The van der Waals surface area contributed by atoms with Crippen LogP contribution in [0.25, 0.3) is 0 Å². The number of amides is 1. The van der Waals surface area contributed by atoms with Crippen molar-refractivity contribution in [1.82, 2.24) is 9.97 Å². The highest BCUT2D eigenvalue weighted by atomic mass is 16.1. The van der Waals surface area contributed by atoms with Crippen LogP contribution in [0.1, 0.15) is 20.9 Å². The number of rotatable bonds is 4. The van der Waals surface area contributed by atoms with E-state index in [2.05, 4.69) is 49.8 Å². The topological polar surface area (TPSA) is 70.2 Å². The first-order valence-electron chi connectivity index (χ1n) is 8.97. The summed E-state index contributed by atoms with van der Waals surface area (Å²) in [6.45, 7) is 3.28. The van der Waals surface area contributed by atoms with Crippen LogP contribution in [0.5, 0.6) is 0 Å². The highest BCUT2D eigenvalue weighted by Gasteiger charge is 2.17. The average molecular weight is 363 g/mol. The van der Waals surface area contributed by atoms with E-state index in [1.165, 1.54) is 18.1 Å². The number of nitrogens with zero attached hydrogens (tertiary/aromatic N) is 3. The summed E-state index contributed by atoms with van der Waals surface area (Å²) in [7, 11) is 0. The van der Waals surface area contributed by atoms with Crippen LogP contribution in [0, 0.1) is 0 Å². The van der Waals surface area contributed by atoms with Crippen LogP contribution >= 0.6 is 0 Å². The molecule has 0 bridgehead atoms. The molecule has 6 nitrogen and oxygen atoms in total. The monoisotopic (exact) mass is 363 g/mol. The lowest BCUT2D eigenvalue weighted by Gasteiger charge is -2.29. The molecule has 2 aromatic carbocycles. The van der Waals surface area contributed by atoms with Gasteiger partial charge in [-0.05, 0) is 41.8 Å². The molecule has 1 aliphatic rings. The zero-order valence-corrected chi connectivity index (χ0v) is 15.1. The third kappa shape index (κ3) is 4.06. The van der Waals surface area contributed by atoms with Gasteiger partial charge in [0.15, 0.2) is 0 Å². The van der Waals surface area contributed by atoms with Gasteiger partial charge < -0.3 is 15.5 Å². The number of fused-ring (bicyclic) bond motifs is 1. The maximum absolute atomic E-state index is 11.2. The molecule has 4 rings (SSSR count). The van der Waals surface area contributed by atoms with Crippen molar-refractivity contribution in [3.05, 3.63) is 71.9 Å². The Balaban J connectivity index is 0.00000150. The number of carbonyl (C=O) groups excluding carboxylic acids is 1. The Hall–Kier alpha value is -3.41. The predicted octanol–water partition coefficient (Wildman–Crippen LogP) is 4.23. The standard InChI is InChI=1S/C21H21N5O.2H2/c1-15(27)23-18-7-4-8-19(13-18)24-21-22-11-9-20(25-21)26-12-10-16-5-2-3-6-17(16)14-26;;/h2-9,11,13H,10,12,14H2,1H3,(H,23,27)(H,22,24,25);2*1H. The smallest absolute Gasteiger partial charge is 0.229 e. The maximum atomic E-state index is 11.2. The van der Waals surface area contributed by atoms with Gasteiger partial charge in [-0.2, -0.15) is 4.98 Å². The Labute approximate surface area is 161 Å². The van der Waals surface area contributed by atoms with Crippen LogP contribution in [0.3, 0.4) is 0 Å². The summed E-state index contributed by atoms with van der Waals surface area (Å²) >= 11 is 0. The lowest BCUT2D eigenvalue weighted by Crippen LogP contribution is -2.31. The van der Waals surface area contributed by atoms with Crippen molar-refractivity contribution in [3.8, 4) is 0 Å². The molecule has 0 atom stereocenters. The number of nitrogens with one attached hydrogen (secondary N) is 2. The fraction of sp³-hybridized carbons (Fsp3) is 0.190. The quantitative estimate of drug-likeness (QED) is 0.726. The van der Waals surface area contributed by atoms with Crippen molar-refractivity contribution >= 4 is 29.0 Å². The lowest BCUT2D eigenvalue weighted by molar-refractivity contribution is -0.114. The summed E-state index contributed by atoms with van der Waals surface area (Å²) < 4.78 is 0. The van der Waals surface area contributed by atoms with Crippen molar-refractivity contribution in [2.45, 2.75) is 19.9 Å². The van der Waals surface area contributed by atoms with Crippen molar-refractivity contribution in [3.63, 3.8) is 0 Å². The van der Waals surface area contributed by atoms with E-state index < -0.39 is 0 Å². The Morgan fingerprint density at radius 3 is 2.74 bits per heavy atom. The molecular formula is C21H25N5O. The molecule has 0 unspecified atom stereocenters. The van der Waals surface area contributed by atoms with E-state index in [-0.39, 0.29) is 8.76 Å². The Bertz CT molecular complexity index is 983. The average Bonchev–Trinajstić information content (AvgIpc) is 2.67. The van der Waals surface area contributed by atoms with Gasteiger partial charge in [0.2, 0.25) is 11.9 Å². The Morgan fingerprint density at radius 2 is 1.89 bits per heavy atom. The number of carbonyl (C=O) groups is 1. The summed E-state index contributed by atoms with van der Waals surface area (Å²) in [5.41, 5.74) is 4.31. The molecule has 0 radical (unpaired) electrons. The van der Waals surface area contributed by atoms with Crippen molar-refractivity contribution in [2.75, 3.05) is 22.1 Å². The van der Waals surface area contributed by atoms with Gasteiger partial charge in [-0.15, -0.1) is 0 Å². The van der Waals surface area contributed by atoms with Gasteiger partial charge in [-0.25, -0.2) is 4.98 Å². The minimum absolute atomic E-state index is 0. The van der Waals surface area contributed by atoms with Gasteiger partial charge >= 0.3 is 0 Å². The second kappa shape index (κ2) is 7.45. The molecule has 140 valence electrons. The van der Waals surface area contributed by atoms with Crippen molar-refractivity contribution in [2.24, 2.45) is 0 Å². The zero-order chi connectivity index (χ0) is 18.6. The van der Waals surface area contributed by atoms with Crippen LogP contribution in [-0.4, -0.2) is 22.4 Å². The van der Waals surface area contributed by atoms with Gasteiger partial charge in [0.25, 0.3) is 0 Å². The number of hydrogen-bond donors (Lipinski definition) is 2. The molecule has 1 amide bonds. The first-order valence-corrected chi connectivity index (χ1v) is 8.97. The molecule has 1 aromatic heterocycles. The number of hydrogen-bond acceptors (Lipinski definition) is 5. The molecule has 0 saturated heterocycles. The lowest BCUT2D eigenvalue weighted by atomic mass is 10.00. The van der Waals surface area contributed by atoms with E-state index in [9.17, 15) is 4.79 Å². The van der Waals surface area contributed by atoms with Crippen LogP contribution in [0.4, 0.5) is 23.1 Å². The molecule has 6 heteroatoms. The minimum atomic E-state index is -0.101. The second-order valence-electron chi connectivity index (χ2n) is 6.57. The SMILES string of the molecule is CC(=O)Nc1cccc(Nc2nccc(N3CCc4ccccc4C3)n2)c1.[HH].[HH]. The number of benzene rings is 2. The van der Waals surface area contributed by atoms with Gasteiger partial charge in [-0.1, -0.05) is 30.3 Å². The summed E-state index contributed by atoms with van der Waals surface area (Å²) in [6, 6.07) is 18.0. The third-order valence-corrected chi connectivity index (χ3v) is 4.53. The molecule has 0 fully saturated rings. The van der Waals surface area contributed by atoms with Crippen LogP contribution < -0.4 is 15.5 Å². The summed E-state index contributed by atoms with van der Waals surface area (Å²) in [5.74, 6) is 1.34. The summed E-state index contributed by atoms with van der Waals surface area (Å²) in [5, 5.41) is 5.99. The molecular weight excluding hydrogens is 338 g/mol. The Kier molecular flexibility index (Phi) is 4.70. The van der Waals surface area contributed by atoms with E-state index in [1.54, 1.807) is 6.20 Å².